The lowest BCUT2D eigenvalue weighted by Gasteiger charge is -2.36. The monoisotopic (exact) mass is 308 g/mol. The van der Waals surface area contributed by atoms with E-state index in [0.29, 0.717) is 22.8 Å². The Morgan fingerprint density at radius 2 is 2.00 bits per heavy atom. The molecule has 2 N–H and O–H groups in total. The van der Waals surface area contributed by atoms with E-state index >= 15 is 0 Å². The van der Waals surface area contributed by atoms with Gasteiger partial charge in [0.1, 0.15) is 5.82 Å². The molecule has 1 amide bonds. The molecule has 6 heteroatoms. The molecule has 0 saturated carbocycles. The predicted octanol–water partition coefficient (Wildman–Crippen LogP) is 2.35. The Kier molecular flexibility index (Phi) is 5.08. The molecule has 3 unspecified atom stereocenters. The average molecular weight is 308 g/mol. The summed E-state index contributed by atoms with van der Waals surface area (Å²) in [5.41, 5.74) is 6.55. The van der Waals surface area contributed by atoms with E-state index in [-0.39, 0.29) is 11.2 Å². The van der Waals surface area contributed by atoms with Crippen LogP contribution in [0.1, 0.15) is 32.9 Å². The van der Waals surface area contributed by atoms with Gasteiger partial charge in [0.05, 0.1) is 5.25 Å². The van der Waals surface area contributed by atoms with E-state index in [2.05, 4.69) is 23.8 Å². The van der Waals surface area contributed by atoms with Crippen LogP contribution in [-0.2, 0) is 4.79 Å². The molecule has 1 fully saturated rings. The lowest BCUT2D eigenvalue weighted by Crippen LogP contribution is -2.45. The number of carbonyl (C=O) groups excluding carboxylic acids is 1. The fraction of sp³-hybridized carbons (Fsp3) is 0.667. The molecule has 0 spiro atoms. The van der Waals surface area contributed by atoms with Gasteiger partial charge in [-0.1, -0.05) is 25.6 Å². The van der Waals surface area contributed by atoms with Gasteiger partial charge in [0.25, 0.3) is 0 Å². The Morgan fingerprint density at radius 3 is 2.57 bits per heavy atom. The minimum atomic E-state index is -0.191. The van der Waals surface area contributed by atoms with Crippen molar-refractivity contribution < 1.29 is 4.79 Å². The summed E-state index contributed by atoms with van der Waals surface area (Å²) in [6.45, 7) is 9.91. The summed E-state index contributed by atoms with van der Waals surface area (Å²) < 4.78 is 0. The summed E-state index contributed by atoms with van der Waals surface area (Å²) in [6, 6.07) is 1.73. The Morgan fingerprint density at radius 1 is 1.38 bits per heavy atom. The number of anilines is 1. The van der Waals surface area contributed by atoms with E-state index in [4.69, 9.17) is 5.73 Å². The summed E-state index contributed by atoms with van der Waals surface area (Å²) in [4.78, 5) is 23.1. The quantitative estimate of drug-likeness (QED) is 0.685. The fourth-order valence-electron chi connectivity index (χ4n) is 2.93. The second kappa shape index (κ2) is 6.64. The topological polar surface area (TPSA) is 72.1 Å². The van der Waals surface area contributed by atoms with Gasteiger partial charge in [0, 0.05) is 24.8 Å². The zero-order chi connectivity index (χ0) is 15.6. The Bertz CT molecular complexity index is 492. The molecule has 1 saturated heterocycles. The second-order valence-corrected chi connectivity index (χ2v) is 7.47. The van der Waals surface area contributed by atoms with Crippen molar-refractivity contribution in [3.05, 3.63) is 11.8 Å². The molecule has 5 nitrogen and oxygen atoms in total. The predicted molar refractivity (Wildman–Crippen MR) is 86.0 cm³/mol. The van der Waals surface area contributed by atoms with Gasteiger partial charge in [-0.15, -0.1) is 0 Å². The van der Waals surface area contributed by atoms with E-state index in [1.165, 1.54) is 18.2 Å². The molecule has 116 valence electrons. The summed E-state index contributed by atoms with van der Waals surface area (Å²) >= 11 is 1.38. The van der Waals surface area contributed by atoms with Crippen LogP contribution in [0.25, 0.3) is 0 Å². The molecule has 1 aromatic heterocycles. The lowest BCUT2D eigenvalue weighted by atomic mass is 9.92. The summed E-state index contributed by atoms with van der Waals surface area (Å²) in [5, 5.41) is 0.384. The maximum absolute atomic E-state index is 12.6. The van der Waals surface area contributed by atoms with Crippen LogP contribution in [0.15, 0.2) is 11.2 Å². The zero-order valence-electron chi connectivity index (χ0n) is 13.2. The van der Waals surface area contributed by atoms with Gasteiger partial charge in [-0.3, -0.25) is 4.79 Å². The van der Waals surface area contributed by atoms with Crippen LogP contribution < -0.4 is 5.73 Å². The van der Waals surface area contributed by atoms with Gasteiger partial charge in [0.2, 0.25) is 5.91 Å². The van der Waals surface area contributed by atoms with Crippen molar-refractivity contribution in [3.8, 4) is 0 Å². The Balaban J connectivity index is 2.02. The lowest BCUT2D eigenvalue weighted by molar-refractivity contribution is -0.132. The number of nitrogens with two attached hydrogens (primary N) is 1. The SMILES string of the molecule is Cc1cc(N)nc(SC(C)C(=O)N2CC(C)CC(C)C2)n1. The van der Waals surface area contributed by atoms with Gasteiger partial charge in [-0.2, -0.15) is 0 Å². The molecule has 0 radical (unpaired) electrons. The summed E-state index contributed by atoms with van der Waals surface area (Å²) in [5.74, 6) is 1.76. The standard InChI is InChI=1S/C15H24N4OS/c1-9-5-10(2)8-19(7-9)14(20)12(4)21-15-17-11(3)6-13(16)18-15/h6,9-10,12H,5,7-8H2,1-4H3,(H2,16,17,18). The summed E-state index contributed by atoms with van der Waals surface area (Å²) in [6.07, 6.45) is 1.20. The number of aryl methyl sites for hydroxylation is 1. The molecule has 1 aliphatic heterocycles. The van der Waals surface area contributed by atoms with Crippen LogP contribution in [-0.4, -0.2) is 39.1 Å². The van der Waals surface area contributed by atoms with E-state index in [1.54, 1.807) is 6.07 Å². The number of thioether (sulfide) groups is 1. The van der Waals surface area contributed by atoms with Gasteiger partial charge in [-0.05, 0) is 32.1 Å². The van der Waals surface area contributed by atoms with Crippen molar-refractivity contribution in [1.29, 1.82) is 0 Å². The first kappa shape index (κ1) is 16.1. The third-order valence-electron chi connectivity index (χ3n) is 3.66. The summed E-state index contributed by atoms with van der Waals surface area (Å²) in [7, 11) is 0. The molecular formula is C15H24N4OS. The van der Waals surface area contributed by atoms with E-state index in [1.807, 2.05) is 18.7 Å². The number of aromatic nitrogens is 2. The molecule has 2 heterocycles. The number of piperidine rings is 1. The molecule has 1 aromatic rings. The van der Waals surface area contributed by atoms with Crippen LogP contribution >= 0.6 is 11.8 Å². The Hall–Kier alpha value is -1.30. The molecule has 0 bridgehead atoms. The van der Waals surface area contributed by atoms with Crippen LogP contribution in [0.5, 0.6) is 0 Å². The van der Waals surface area contributed by atoms with Crippen molar-refractivity contribution in [2.45, 2.75) is 44.5 Å². The van der Waals surface area contributed by atoms with E-state index in [9.17, 15) is 4.79 Å². The first-order chi connectivity index (χ1) is 9.85. The van der Waals surface area contributed by atoms with Crippen LogP contribution in [0.4, 0.5) is 5.82 Å². The molecule has 3 atom stereocenters. The zero-order valence-corrected chi connectivity index (χ0v) is 14.0. The normalized spacial score (nSPS) is 23.9. The van der Waals surface area contributed by atoms with Gasteiger partial charge >= 0.3 is 0 Å². The maximum Gasteiger partial charge on any atom is 0.235 e. The van der Waals surface area contributed by atoms with Gasteiger partial charge in [0.15, 0.2) is 5.16 Å². The first-order valence-corrected chi connectivity index (χ1v) is 8.29. The van der Waals surface area contributed by atoms with Crippen molar-refractivity contribution in [2.24, 2.45) is 11.8 Å². The van der Waals surface area contributed by atoms with Crippen molar-refractivity contribution in [3.63, 3.8) is 0 Å². The fourth-order valence-corrected chi connectivity index (χ4v) is 3.85. The van der Waals surface area contributed by atoms with Crippen molar-refractivity contribution in [1.82, 2.24) is 14.9 Å². The number of carbonyl (C=O) groups is 1. The third-order valence-corrected chi connectivity index (χ3v) is 4.61. The van der Waals surface area contributed by atoms with E-state index < -0.39 is 0 Å². The van der Waals surface area contributed by atoms with E-state index in [0.717, 1.165) is 18.8 Å². The average Bonchev–Trinajstić information content (AvgIpc) is 2.35. The highest BCUT2D eigenvalue weighted by atomic mass is 32.2. The first-order valence-electron chi connectivity index (χ1n) is 7.41. The van der Waals surface area contributed by atoms with Crippen LogP contribution in [0.2, 0.25) is 0 Å². The number of likely N-dealkylation sites (tertiary alicyclic amines) is 1. The highest BCUT2D eigenvalue weighted by Gasteiger charge is 2.29. The van der Waals surface area contributed by atoms with Crippen molar-refractivity contribution in [2.75, 3.05) is 18.8 Å². The molecular weight excluding hydrogens is 284 g/mol. The molecule has 1 aliphatic rings. The van der Waals surface area contributed by atoms with Crippen molar-refractivity contribution >= 4 is 23.5 Å². The Labute approximate surface area is 130 Å². The number of hydrogen-bond donors (Lipinski definition) is 1. The smallest absolute Gasteiger partial charge is 0.235 e. The maximum atomic E-state index is 12.6. The number of nitrogen functional groups attached to an aromatic ring is 1. The number of hydrogen-bond acceptors (Lipinski definition) is 5. The minimum absolute atomic E-state index is 0.169. The number of nitrogens with zero attached hydrogens (tertiary/aromatic N) is 3. The van der Waals surface area contributed by atoms with Gasteiger partial charge < -0.3 is 10.6 Å². The van der Waals surface area contributed by atoms with Crippen LogP contribution in [0, 0.1) is 18.8 Å². The molecule has 0 aromatic carbocycles. The largest absolute Gasteiger partial charge is 0.384 e. The minimum Gasteiger partial charge on any atom is -0.384 e. The highest BCUT2D eigenvalue weighted by molar-refractivity contribution is 8.00. The molecule has 2 rings (SSSR count). The van der Waals surface area contributed by atoms with Gasteiger partial charge in [-0.25, -0.2) is 9.97 Å². The third kappa shape index (κ3) is 4.33. The molecule has 0 aliphatic carbocycles. The second-order valence-electron chi connectivity index (χ2n) is 6.17. The van der Waals surface area contributed by atoms with Crippen LogP contribution in [0.3, 0.4) is 0 Å². The highest BCUT2D eigenvalue weighted by Crippen LogP contribution is 2.26. The number of amides is 1. The molecule has 21 heavy (non-hydrogen) atoms. The number of rotatable bonds is 3.